The summed E-state index contributed by atoms with van der Waals surface area (Å²) in [5.74, 6) is -0.878. The van der Waals surface area contributed by atoms with Crippen LogP contribution >= 0.6 is 0 Å². The lowest BCUT2D eigenvalue weighted by Crippen LogP contribution is -2.61. The van der Waals surface area contributed by atoms with Crippen LogP contribution in [0.4, 0.5) is 10.1 Å². The smallest absolute Gasteiger partial charge is 0.248 e. The number of β-amino-alcohol motifs (C(OH)–C–C–N with tert-alkyl or cyclic N) is 1. The first-order valence-corrected chi connectivity index (χ1v) is 6.44. The number of anilines is 1. The number of aliphatic hydroxyl groups is 1. The van der Waals surface area contributed by atoms with Crippen LogP contribution in [0.25, 0.3) is 0 Å². The molecule has 0 amide bonds. The number of nitrogens with two attached hydrogens (primary N) is 1. The van der Waals surface area contributed by atoms with Crippen LogP contribution in [0.1, 0.15) is 6.92 Å². The van der Waals surface area contributed by atoms with E-state index < -0.39 is 26.3 Å². The molecule has 0 radical (unpaired) electrons. The summed E-state index contributed by atoms with van der Waals surface area (Å²) in [7, 11) is -3.96. The molecule has 94 valence electrons. The van der Waals surface area contributed by atoms with Gasteiger partial charge in [-0.25, -0.2) is 12.8 Å². The van der Waals surface area contributed by atoms with Crippen LogP contribution in [0.5, 0.6) is 0 Å². The second-order valence-corrected chi connectivity index (χ2v) is 6.30. The molecule has 1 fully saturated rings. The van der Waals surface area contributed by atoms with Gasteiger partial charge in [-0.2, -0.15) is 4.31 Å². The van der Waals surface area contributed by atoms with Crippen LogP contribution in [0.3, 0.4) is 0 Å². The molecule has 1 aliphatic heterocycles. The Kier molecular flexibility index (Phi) is 2.64. The topological polar surface area (TPSA) is 83.6 Å². The van der Waals surface area contributed by atoms with Crippen molar-refractivity contribution in [3.8, 4) is 0 Å². The lowest BCUT2D eigenvalue weighted by molar-refractivity contribution is -0.0427. The van der Waals surface area contributed by atoms with Crippen molar-refractivity contribution in [2.75, 3.05) is 18.8 Å². The average Bonchev–Trinajstić information content (AvgIpc) is 2.13. The standard InChI is InChI=1S/C10H13FN2O3S/c1-10(14)5-13(6-10)17(15,16)9-7(11)3-2-4-8(9)12/h2-4,14H,5-6,12H2,1H3. The van der Waals surface area contributed by atoms with Crippen LogP contribution in [0.15, 0.2) is 23.1 Å². The summed E-state index contributed by atoms with van der Waals surface area (Å²) in [6, 6.07) is 3.71. The third-order valence-corrected chi connectivity index (χ3v) is 4.51. The number of hydrogen-bond donors (Lipinski definition) is 2. The van der Waals surface area contributed by atoms with Crippen molar-refractivity contribution in [1.82, 2.24) is 4.31 Å². The Labute approximate surface area is 98.7 Å². The maximum Gasteiger partial charge on any atom is 0.248 e. The van der Waals surface area contributed by atoms with Crippen LogP contribution in [0, 0.1) is 5.82 Å². The first-order valence-electron chi connectivity index (χ1n) is 5.00. The van der Waals surface area contributed by atoms with E-state index in [0.717, 1.165) is 10.4 Å². The number of sulfonamides is 1. The second kappa shape index (κ2) is 3.66. The van der Waals surface area contributed by atoms with Crippen LogP contribution in [0.2, 0.25) is 0 Å². The molecule has 0 saturated carbocycles. The van der Waals surface area contributed by atoms with Crippen molar-refractivity contribution in [3.63, 3.8) is 0 Å². The molecule has 3 N–H and O–H groups in total. The molecular weight excluding hydrogens is 247 g/mol. The summed E-state index contributed by atoms with van der Waals surface area (Å²) < 4.78 is 38.6. The molecule has 1 heterocycles. The Bertz CT molecular complexity index is 528. The van der Waals surface area contributed by atoms with E-state index in [4.69, 9.17) is 5.73 Å². The highest BCUT2D eigenvalue weighted by atomic mass is 32.2. The predicted octanol–water partition coefficient (Wildman–Crippen LogP) is 0.163. The van der Waals surface area contributed by atoms with Gasteiger partial charge >= 0.3 is 0 Å². The molecule has 0 aromatic heterocycles. The molecule has 2 rings (SSSR count). The van der Waals surface area contributed by atoms with Crippen molar-refractivity contribution in [2.24, 2.45) is 0 Å². The van der Waals surface area contributed by atoms with Crippen LogP contribution < -0.4 is 5.73 Å². The zero-order valence-electron chi connectivity index (χ0n) is 9.22. The largest absolute Gasteiger partial charge is 0.398 e. The molecule has 0 bridgehead atoms. The molecule has 17 heavy (non-hydrogen) atoms. The van der Waals surface area contributed by atoms with Crippen molar-refractivity contribution in [1.29, 1.82) is 0 Å². The first-order chi connectivity index (χ1) is 7.74. The third kappa shape index (κ3) is 2.01. The van der Waals surface area contributed by atoms with Gasteiger partial charge in [-0.1, -0.05) is 6.07 Å². The maximum absolute atomic E-state index is 13.5. The van der Waals surface area contributed by atoms with Crippen molar-refractivity contribution < 1.29 is 17.9 Å². The molecule has 1 aliphatic rings. The lowest BCUT2D eigenvalue weighted by Gasteiger charge is -2.42. The highest BCUT2D eigenvalue weighted by molar-refractivity contribution is 7.89. The van der Waals surface area contributed by atoms with Crippen LogP contribution in [-0.2, 0) is 10.0 Å². The van der Waals surface area contributed by atoms with Gasteiger partial charge in [0.2, 0.25) is 10.0 Å². The van der Waals surface area contributed by atoms with Crippen molar-refractivity contribution >= 4 is 15.7 Å². The van der Waals surface area contributed by atoms with Gasteiger partial charge in [-0.05, 0) is 19.1 Å². The highest BCUT2D eigenvalue weighted by Gasteiger charge is 2.45. The molecule has 0 atom stereocenters. The van der Waals surface area contributed by atoms with E-state index in [2.05, 4.69) is 0 Å². The fourth-order valence-corrected chi connectivity index (χ4v) is 3.64. The first kappa shape index (κ1) is 12.3. The zero-order chi connectivity index (χ0) is 12.8. The summed E-state index contributed by atoms with van der Waals surface area (Å²) >= 11 is 0. The third-order valence-electron chi connectivity index (χ3n) is 2.63. The normalized spacial score (nSPS) is 19.9. The summed E-state index contributed by atoms with van der Waals surface area (Å²) in [6.07, 6.45) is 0. The van der Waals surface area contributed by atoms with E-state index >= 15 is 0 Å². The van der Waals surface area contributed by atoms with Gasteiger partial charge in [-0.3, -0.25) is 0 Å². The molecule has 0 unspecified atom stereocenters. The number of hydrogen-bond acceptors (Lipinski definition) is 4. The minimum Gasteiger partial charge on any atom is -0.398 e. The van der Waals surface area contributed by atoms with Gasteiger partial charge in [-0.15, -0.1) is 0 Å². The number of benzene rings is 1. The molecule has 7 heteroatoms. The molecule has 1 aromatic rings. The maximum atomic E-state index is 13.5. The van der Waals surface area contributed by atoms with Gasteiger partial charge in [0.1, 0.15) is 10.7 Å². The van der Waals surface area contributed by atoms with Gasteiger partial charge < -0.3 is 10.8 Å². The van der Waals surface area contributed by atoms with E-state index in [-0.39, 0.29) is 18.8 Å². The Morgan fingerprint density at radius 3 is 2.53 bits per heavy atom. The second-order valence-electron chi connectivity index (χ2n) is 4.43. The Balaban J connectivity index is 2.40. The molecule has 1 aromatic carbocycles. The molecule has 0 spiro atoms. The minimum atomic E-state index is -3.96. The molecule has 0 aliphatic carbocycles. The summed E-state index contributed by atoms with van der Waals surface area (Å²) in [5.41, 5.74) is 4.31. The monoisotopic (exact) mass is 260 g/mol. The van der Waals surface area contributed by atoms with Crippen molar-refractivity contribution in [3.05, 3.63) is 24.0 Å². The summed E-state index contributed by atoms with van der Waals surface area (Å²) in [4.78, 5) is -0.518. The SMILES string of the molecule is CC1(O)CN(S(=O)(=O)c2c(N)cccc2F)C1. The Morgan fingerprint density at radius 2 is 2.06 bits per heavy atom. The van der Waals surface area contributed by atoms with Crippen molar-refractivity contribution in [2.45, 2.75) is 17.4 Å². The average molecular weight is 260 g/mol. The molecule has 5 nitrogen and oxygen atoms in total. The zero-order valence-corrected chi connectivity index (χ0v) is 10.0. The number of rotatable bonds is 2. The molecular formula is C10H13FN2O3S. The Morgan fingerprint density at radius 1 is 1.47 bits per heavy atom. The summed E-state index contributed by atoms with van der Waals surface area (Å²) in [5, 5.41) is 9.50. The number of nitrogen functional groups attached to an aromatic ring is 1. The van der Waals surface area contributed by atoms with E-state index in [0.29, 0.717) is 0 Å². The summed E-state index contributed by atoms with van der Waals surface area (Å²) in [6.45, 7) is 1.41. The minimum absolute atomic E-state index is 0.0525. The fourth-order valence-electron chi connectivity index (χ4n) is 1.81. The van der Waals surface area contributed by atoms with Gasteiger partial charge in [0, 0.05) is 13.1 Å². The Hall–Kier alpha value is -1.18. The quantitative estimate of drug-likeness (QED) is 0.742. The van der Waals surface area contributed by atoms with E-state index in [1.54, 1.807) is 0 Å². The van der Waals surface area contributed by atoms with E-state index in [1.807, 2.05) is 0 Å². The highest BCUT2D eigenvalue weighted by Crippen LogP contribution is 2.31. The number of nitrogens with zero attached hydrogens (tertiary/aromatic N) is 1. The fraction of sp³-hybridized carbons (Fsp3) is 0.400. The van der Waals surface area contributed by atoms with E-state index in [1.165, 1.54) is 19.1 Å². The van der Waals surface area contributed by atoms with Gasteiger partial charge in [0.25, 0.3) is 0 Å². The van der Waals surface area contributed by atoms with E-state index in [9.17, 15) is 17.9 Å². The van der Waals surface area contributed by atoms with Gasteiger partial charge in [0.05, 0.1) is 11.3 Å². The number of halogens is 1. The van der Waals surface area contributed by atoms with Gasteiger partial charge in [0.15, 0.2) is 0 Å². The van der Waals surface area contributed by atoms with Crippen LogP contribution in [-0.4, -0.2) is 36.5 Å². The lowest BCUT2D eigenvalue weighted by atomic mass is 10.0. The molecule has 1 saturated heterocycles. The predicted molar refractivity (Wildman–Crippen MR) is 60.2 cm³/mol.